The summed E-state index contributed by atoms with van der Waals surface area (Å²) in [6.45, 7) is 8.23. The lowest BCUT2D eigenvalue weighted by Crippen LogP contribution is -2.35. The van der Waals surface area contributed by atoms with Crippen LogP contribution in [0.2, 0.25) is 0 Å². The summed E-state index contributed by atoms with van der Waals surface area (Å²) in [4.78, 5) is 11.6. The molecule has 1 rings (SSSR count). The van der Waals surface area contributed by atoms with Crippen molar-refractivity contribution in [3.63, 3.8) is 0 Å². The number of ether oxygens (including phenoxy) is 1. The van der Waals surface area contributed by atoms with E-state index in [0.717, 1.165) is 29.7 Å². The fourth-order valence-electron chi connectivity index (χ4n) is 1.99. The summed E-state index contributed by atoms with van der Waals surface area (Å²) in [5.41, 5.74) is 2.29. The summed E-state index contributed by atoms with van der Waals surface area (Å²) >= 11 is 0. The minimum Gasteiger partial charge on any atom is -0.484 e. The molecule has 1 atom stereocenters. The average molecular weight is 249 g/mol. The van der Waals surface area contributed by atoms with E-state index in [9.17, 15) is 4.79 Å². The molecule has 0 aliphatic heterocycles. The van der Waals surface area contributed by atoms with Crippen molar-refractivity contribution in [3.05, 3.63) is 29.3 Å². The first kappa shape index (κ1) is 14.6. The van der Waals surface area contributed by atoms with Crippen molar-refractivity contribution in [2.45, 2.75) is 46.6 Å². The van der Waals surface area contributed by atoms with Crippen LogP contribution in [-0.2, 0) is 4.79 Å². The van der Waals surface area contributed by atoms with Crippen LogP contribution in [0.25, 0.3) is 0 Å². The molecule has 1 amide bonds. The van der Waals surface area contributed by atoms with E-state index in [0.29, 0.717) is 0 Å². The molecule has 100 valence electrons. The van der Waals surface area contributed by atoms with Crippen LogP contribution in [0.4, 0.5) is 0 Å². The van der Waals surface area contributed by atoms with Crippen molar-refractivity contribution >= 4 is 5.91 Å². The van der Waals surface area contributed by atoms with Gasteiger partial charge in [0.2, 0.25) is 0 Å². The second-order valence-electron chi connectivity index (χ2n) is 4.87. The largest absolute Gasteiger partial charge is 0.484 e. The van der Waals surface area contributed by atoms with Gasteiger partial charge in [-0.25, -0.2) is 0 Å². The van der Waals surface area contributed by atoms with Crippen LogP contribution in [0.3, 0.4) is 0 Å². The standard InChI is InChI=1S/C15H23NO2/c1-5-6-13(4)16-15(17)10-18-14-8-11(2)7-12(3)9-14/h7-9,13H,5-6,10H2,1-4H3,(H,16,17)/t13-/m0/s1. The van der Waals surface area contributed by atoms with Gasteiger partial charge >= 0.3 is 0 Å². The summed E-state index contributed by atoms with van der Waals surface area (Å²) in [5, 5.41) is 2.92. The van der Waals surface area contributed by atoms with Gasteiger partial charge in [-0.3, -0.25) is 4.79 Å². The molecule has 0 fully saturated rings. The van der Waals surface area contributed by atoms with Gasteiger partial charge in [-0.2, -0.15) is 0 Å². The average Bonchev–Trinajstić information content (AvgIpc) is 2.25. The molecule has 0 heterocycles. The predicted molar refractivity (Wildman–Crippen MR) is 73.9 cm³/mol. The molecule has 0 aliphatic carbocycles. The second-order valence-corrected chi connectivity index (χ2v) is 4.87. The quantitative estimate of drug-likeness (QED) is 0.841. The van der Waals surface area contributed by atoms with Crippen LogP contribution in [-0.4, -0.2) is 18.6 Å². The maximum Gasteiger partial charge on any atom is 0.258 e. The smallest absolute Gasteiger partial charge is 0.258 e. The van der Waals surface area contributed by atoms with Gasteiger partial charge in [0, 0.05) is 6.04 Å². The number of nitrogens with one attached hydrogen (secondary N) is 1. The highest BCUT2D eigenvalue weighted by Crippen LogP contribution is 2.15. The number of aryl methyl sites for hydroxylation is 2. The number of amides is 1. The van der Waals surface area contributed by atoms with Gasteiger partial charge in [0.1, 0.15) is 5.75 Å². The van der Waals surface area contributed by atoms with Gasteiger partial charge in [0.25, 0.3) is 5.91 Å². The van der Waals surface area contributed by atoms with E-state index in [1.54, 1.807) is 0 Å². The molecule has 0 saturated carbocycles. The Kier molecular flexibility index (Phi) is 5.69. The molecule has 1 aromatic carbocycles. The molecular formula is C15H23NO2. The normalized spacial score (nSPS) is 12.0. The lowest BCUT2D eigenvalue weighted by atomic mass is 10.1. The van der Waals surface area contributed by atoms with Gasteiger partial charge in [-0.15, -0.1) is 0 Å². The van der Waals surface area contributed by atoms with Gasteiger partial charge in [-0.05, 0) is 50.5 Å². The number of rotatable bonds is 6. The van der Waals surface area contributed by atoms with Gasteiger partial charge in [0.05, 0.1) is 0 Å². The van der Waals surface area contributed by atoms with Gasteiger partial charge < -0.3 is 10.1 Å². The Morgan fingerprint density at radius 2 is 1.89 bits per heavy atom. The first-order valence-corrected chi connectivity index (χ1v) is 6.51. The van der Waals surface area contributed by atoms with E-state index in [1.165, 1.54) is 0 Å². The minimum atomic E-state index is -0.0601. The molecule has 0 saturated heterocycles. The molecule has 0 bridgehead atoms. The van der Waals surface area contributed by atoms with E-state index in [-0.39, 0.29) is 18.6 Å². The molecule has 1 aromatic rings. The first-order valence-electron chi connectivity index (χ1n) is 6.51. The van der Waals surface area contributed by atoms with Crippen molar-refractivity contribution in [2.75, 3.05) is 6.61 Å². The van der Waals surface area contributed by atoms with Crippen LogP contribution >= 0.6 is 0 Å². The van der Waals surface area contributed by atoms with E-state index in [1.807, 2.05) is 32.9 Å². The highest BCUT2D eigenvalue weighted by atomic mass is 16.5. The summed E-state index contributed by atoms with van der Waals surface area (Å²) in [5.74, 6) is 0.695. The SMILES string of the molecule is CCC[C@H](C)NC(=O)COc1cc(C)cc(C)c1. The second kappa shape index (κ2) is 7.04. The molecule has 0 radical (unpaired) electrons. The Labute approximate surface area is 110 Å². The van der Waals surface area contributed by atoms with Crippen molar-refractivity contribution in [1.29, 1.82) is 0 Å². The molecular weight excluding hydrogens is 226 g/mol. The number of carbonyl (C=O) groups is 1. The van der Waals surface area contributed by atoms with E-state index >= 15 is 0 Å². The summed E-state index contributed by atoms with van der Waals surface area (Å²) in [6.07, 6.45) is 2.06. The van der Waals surface area contributed by atoms with Crippen LogP contribution in [0.5, 0.6) is 5.75 Å². The highest BCUT2D eigenvalue weighted by Gasteiger charge is 2.07. The Hall–Kier alpha value is -1.51. The van der Waals surface area contributed by atoms with Crippen molar-refractivity contribution in [1.82, 2.24) is 5.32 Å². The van der Waals surface area contributed by atoms with Crippen molar-refractivity contribution in [3.8, 4) is 5.75 Å². The lowest BCUT2D eigenvalue weighted by molar-refractivity contribution is -0.123. The third kappa shape index (κ3) is 5.21. The first-order chi connectivity index (χ1) is 8.51. The molecule has 3 nitrogen and oxygen atoms in total. The Morgan fingerprint density at radius 3 is 2.44 bits per heavy atom. The van der Waals surface area contributed by atoms with Crippen LogP contribution in [0.15, 0.2) is 18.2 Å². The number of carbonyl (C=O) groups excluding carboxylic acids is 1. The fourth-order valence-corrected chi connectivity index (χ4v) is 1.99. The van der Waals surface area contributed by atoms with E-state index in [2.05, 4.69) is 18.3 Å². The van der Waals surface area contributed by atoms with Crippen molar-refractivity contribution < 1.29 is 9.53 Å². The summed E-state index contributed by atoms with van der Waals surface area (Å²) < 4.78 is 5.50. The van der Waals surface area contributed by atoms with E-state index in [4.69, 9.17) is 4.74 Å². The monoisotopic (exact) mass is 249 g/mol. The van der Waals surface area contributed by atoms with Crippen molar-refractivity contribution in [2.24, 2.45) is 0 Å². The van der Waals surface area contributed by atoms with E-state index < -0.39 is 0 Å². The number of hydrogen-bond acceptors (Lipinski definition) is 2. The third-order valence-electron chi connectivity index (χ3n) is 2.69. The lowest BCUT2D eigenvalue weighted by Gasteiger charge is -2.13. The molecule has 0 spiro atoms. The molecule has 0 aliphatic rings. The van der Waals surface area contributed by atoms with Crippen LogP contribution < -0.4 is 10.1 Å². The molecule has 1 N–H and O–H groups in total. The Balaban J connectivity index is 2.42. The summed E-state index contributed by atoms with van der Waals surface area (Å²) in [7, 11) is 0. The minimum absolute atomic E-state index is 0.0601. The molecule has 0 unspecified atom stereocenters. The zero-order valence-electron chi connectivity index (χ0n) is 11.7. The molecule has 3 heteroatoms. The Bertz CT molecular complexity index is 381. The maximum atomic E-state index is 11.6. The molecule has 18 heavy (non-hydrogen) atoms. The fraction of sp³-hybridized carbons (Fsp3) is 0.533. The van der Waals surface area contributed by atoms with Crippen LogP contribution in [0.1, 0.15) is 37.8 Å². The molecule has 0 aromatic heterocycles. The maximum absolute atomic E-state index is 11.6. The predicted octanol–water partition coefficient (Wildman–Crippen LogP) is 2.99. The van der Waals surface area contributed by atoms with Gasteiger partial charge in [0.15, 0.2) is 6.61 Å². The van der Waals surface area contributed by atoms with Crippen LogP contribution in [0, 0.1) is 13.8 Å². The van der Waals surface area contributed by atoms with Gasteiger partial charge in [-0.1, -0.05) is 19.4 Å². The third-order valence-corrected chi connectivity index (χ3v) is 2.69. The zero-order chi connectivity index (χ0) is 13.5. The highest BCUT2D eigenvalue weighted by molar-refractivity contribution is 5.77. The zero-order valence-corrected chi connectivity index (χ0v) is 11.7. The Morgan fingerprint density at radius 1 is 1.28 bits per heavy atom. The number of benzene rings is 1. The number of hydrogen-bond donors (Lipinski definition) is 1. The summed E-state index contributed by atoms with van der Waals surface area (Å²) in [6, 6.07) is 6.17. The topological polar surface area (TPSA) is 38.3 Å².